The van der Waals surface area contributed by atoms with Crippen LogP contribution >= 0.6 is 0 Å². The van der Waals surface area contributed by atoms with Gasteiger partial charge in [-0.1, -0.05) is 42.5 Å². The Balaban J connectivity index is 1.99. The van der Waals surface area contributed by atoms with Crippen LogP contribution in [0.4, 0.5) is 5.69 Å². The lowest BCUT2D eigenvalue weighted by Crippen LogP contribution is -2.30. The van der Waals surface area contributed by atoms with E-state index < -0.39 is 10.0 Å². The molecule has 3 aromatic rings. The summed E-state index contributed by atoms with van der Waals surface area (Å²) in [5.41, 5.74) is 3.02. The number of benzene rings is 2. The summed E-state index contributed by atoms with van der Waals surface area (Å²) in [6.45, 7) is 3.48. The van der Waals surface area contributed by atoms with Crippen molar-refractivity contribution in [2.24, 2.45) is 7.05 Å². The van der Waals surface area contributed by atoms with Gasteiger partial charge in [0.1, 0.15) is 5.82 Å². The summed E-state index contributed by atoms with van der Waals surface area (Å²) >= 11 is 0. The fourth-order valence-corrected chi connectivity index (χ4v) is 4.27. The van der Waals surface area contributed by atoms with E-state index in [9.17, 15) is 8.42 Å². The summed E-state index contributed by atoms with van der Waals surface area (Å²) in [5.74, 6) is 0.622. The predicted molar refractivity (Wildman–Crippen MR) is 101 cm³/mol. The number of hydrogen-bond acceptors (Lipinski definition) is 4. The second-order valence-electron chi connectivity index (χ2n) is 5.94. The first-order valence-electron chi connectivity index (χ1n) is 8.11. The van der Waals surface area contributed by atoms with Crippen molar-refractivity contribution in [1.29, 1.82) is 0 Å². The summed E-state index contributed by atoms with van der Waals surface area (Å²) < 4.78 is 28.7. The Morgan fingerprint density at radius 2 is 1.54 bits per heavy atom. The number of sulfonamides is 1. The molecule has 0 radical (unpaired) electrons. The van der Waals surface area contributed by atoms with E-state index in [2.05, 4.69) is 4.98 Å². The van der Waals surface area contributed by atoms with Crippen LogP contribution in [0.25, 0.3) is 11.1 Å². The second kappa shape index (κ2) is 6.93. The Labute approximate surface area is 153 Å². The molecule has 0 aliphatic rings. The zero-order chi connectivity index (χ0) is 18.9. The molecule has 0 bridgehead atoms. The summed E-state index contributed by atoms with van der Waals surface area (Å²) in [5, 5.41) is -0.00788. The van der Waals surface area contributed by atoms with Crippen LogP contribution in [0.3, 0.4) is 0 Å². The number of aryl methyl sites for hydroxylation is 1. The van der Waals surface area contributed by atoms with Crippen LogP contribution in [0.1, 0.15) is 11.5 Å². The summed E-state index contributed by atoms with van der Waals surface area (Å²) in [6, 6.07) is 17.0. The van der Waals surface area contributed by atoms with E-state index in [4.69, 9.17) is 4.84 Å². The zero-order valence-corrected chi connectivity index (χ0v) is 16.0. The highest BCUT2D eigenvalue weighted by Crippen LogP contribution is 2.28. The van der Waals surface area contributed by atoms with Crippen LogP contribution in [0.2, 0.25) is 0 Å². The van der Waals surface area contributed by atoms with E-state index in [1.165, 1.54) is 7.11 Å². The van der Waals surface area contributed by atoms with E-state index in [1.54, 1.807) is 37.6 Å². The molecule has 3 rings (SSSR count). The van der Waals surface area contributed by atoms with Crippen molar-refractivity contribution in [2.75, 3.05) is 11.6 Å². The van der Waals surface area contributed by atoms with E-state index in [0.717, 1.165) is 15.6 Å². The molecule has 1 aromatic heterocycles. The zero-order valence-electron chi connectivity index (χ0n) is 15.2. The molecular formula is C19H21N3O3S. The van der Waals surface area contributed by atoms with Crippen LogP contribution in [-0.4, -0.2) is 25.1 Å². The van der Waals surface area contributed by atoms with Crippen molar-refractivity contribution in [3.63, 3.8) is 0 Å². The Morgan fingerprint density at radius 3 is 2.04 bits per heavy atom. The van der Waals surface area contributed by atoms with Crippen molar-refractivity contribution in [2.45, 2.75) is 18.9 Å². The lowest BCUT2D eigenvalue weighted by Gasteiger charge is -2.21. The van der Waals surface area contributed by atoms with Gasteiger partial charge in [-0.25, -0.2) is 4.98 Å². The van der Waals surface area contributed by atoms with Gasteiger partial charge >= 0.3 is 10.0 Å². The average molecular weight is 371 g/mol. The summed E-state index contributed by atoms with van der Waals surface area (Å²) in [6.07, 6.45) is 0. The first kappa shape index (κ1) is 18.2. The molecule has 0 unspecified atom stereocenters. The minimum Gasteiger partial charge on any atom is -0.334 e. The van der Waals surface area contributed by atoms with Crippen LogP contribution in [0.5, 0.6) is 0 Å². The molecule has 0 fully saturated rings. The van der Waals surface area contributed by atoms with Crippen LogP contribution in [0, 0.1) is 13.8 Å². The number of rotatable bonds is 5. The molecule has 0 atom stereocenters. The first-order valence-corrected chi connectivity index (χ1v) is 9.55. The van der Waals surface area contributed by atoms with Gasteiger partial charge in [0.15, 0.2) is 5.03 Å². The normalized spacial score (nSPS) is 11.5. The van der Waals surface area contributed by atoms with Crippen molar-refractivity contribution in [1.82, 2.24) is 9.55 Å². The SMILES string of the molecule is CON(c1ccc(-c2ccccc2)cc1)S(=O)(=O)c1nc(C)n(C)c1C. The monoisotopic (exact) mass is 371 g/mol. The van der Waals surface area contributed by atoms with Crippen LogP contribution in [0.15, 0.2) is 59.6 Å². The third-order valence-corrected chi connectivity index (χ3v) is 6.05. The molecule has 0 spiro atoms. The van der Waals surface area contributed by atoms with Gasteiger partial charge in [0, 0.05) is 7.05 Å². The molecule has 26 heavy (non-hydrogen) atoms. The van der Waals surface area contributed by atoms with Gasteiger partial charge < -0.3 is 4.57 Å². The summed E-state index contributed by atoms with van der Waals surface area (Å²) in [7, 11) is -0.827. The Bertz CT molecular complexity index is 1010. The number of aromatic nitrogens is 2. The second-order valence-corrected chi connectivity index (χ2v) is 7.60. The smallest absolute Gasteiger partial charge is 0.306 e. The molecule has 0 N–H and O–H groups in total. The fraction of sp³-hybridized carbons (Fsp3) is 0.211. The highest BCUT2D eigenvalue weighted by molar-refractivity contribution is 7.92. The van der Waals surface area contributed by atoms with Gasteiger partial charge in [0.2, 0.25) is 0 Å². The highest BCUT2D eigenvalue weighted by Gasteiger charge is 2.31. The average Bonchev–Trinajstić information content (AvgIpc) is 2.91. The lowest BCUT2D eigenvalue weighted by molar-refractivity contribution is 0.216. The Hall–Kier alpha value is -2.64. The molecule has 7 heteroatoms. The minimum atomic E-state index is -3.93. The molecule has 0 amide bonds. The minimum absolute atomic E-state index is 0.00788. The lowest BCUT2D eigenvalue weighted by atomic mass is 10.1. The maximum Gasteiger partial charge on any atom is 0.306 e. The van der Waals surface area contributed by atoms with Crippen molar-refractivity contribution >= 4 is 15.7 Å². The van der Waals surface area contributed by atoms with Gasteiger partial charge in [-0.05, 0) is 37.1 Å². The van der Waals surface area contributed by atoms with E-state index >= 15 is 0 Å². The maximum atomic E-state index is 13.0. The fourth-order valence-electron chi connectivity index (χ4n) is 2.76. The van der Waals surface area contributed by atoms with Gasteiger partial charge in [-0.3, -0.25) is 4.84 Å². The predicted octanol–water partition coefficient (Wildman–Crippen LogP) is 3.46. The number of imidazole rings is 1. The maximum absolute atomic E-state index is 13.0. The van der Waals surface area contributed by atoms with Crippen molar-refractivity contribution in [3.8, 4) is 11.1 Å². The van der Waals surface area contributed by atoms with Gasteiger partial charge in [0.25, 0.3) is 0 Å². The first-order chi connectivity index (χ1) is 12.4. The molecule has 2 aromatic carbocycles. The molecule has 0 aliphatic carbocycles. The largest absolute Gasteiger partial charge is 0.334 e. The van der Waals surface area contributed by atoms with E-state index in [-0.39, 0.29) is 5.03 Å². The Morgan fingerprint density at radius 1 is 0.962 bits per heavy atom. The molecule has 0 saturated carbocycles. The number of hydrogen-bond donors (Lipinski definition) is 0. The van der Waals surface area contributed by atoms with Crippen molar-refractivity contribution in [3.05, 3.63) is 66.1 Å². The Kier molecular flexibility index (Phi) is 4.84. The molecule has 0 saturated heterocycles. The van der Waals surface area contributed by atoms with Crippen LogP contribution < -0.4 is 4.47 Å². The quantitative estimate of drug-likeness (QED) is 0.644. The third-order valence-electron chi connectivity index (χ3n) is 4.38. The van der Waals surface area contributed by atoms with E-state index in [1.807, 2.05) is 42.5 Å². The molecule has 1 heterocycles. The molecule has 136 valence electrons. The van der Waals surface area contributed by atoms with Gasteiger partial charge in [-0.2, -0.15) is 8.42 Å². The van der Waals surface area contributed by atoms with E-state index in [0.29, 0.717) is 17.2 Å². The van der Waals surface area contributed by atoms with Crippen molar-refractivity contribution < 1.29 is 13.3 Å². The third kappa shape index (κ3) is 3.11. The van der Waals surface area contributed by atoms with Gasteiger partial charge in [0.05, 0.1) is 18.5 Å². The topological polar surface area (TPSA) is 64.4 Å². The summed E-state index contributed by atoms with van der Waals surface area (Å²) in [4.78, 5) is 9.40. The van der Waals surface area contributed by atoms with Gasteiger partial charge in [-0.15, -0.1) is 4.47 Å². The van der Waals surface area contributed by atoms with Crippen LogP contribution in [-0.2, 0) is 21.9 Å². The molecule has 0 aliphatic heterocycles. The standard InChI is InChI=1S/C19H21N3O3S/c1-14-19(20-15(2)21(14)3)26(23,24)22(25-4)18-12-10-17(11-13-18)16-8-6-5-7-9-16/h5-13H,1-4H3. The number of anilines is 1. The molecule has 6 nitrogen and oxygen atoms in total. The highest BCUT2D eigenvalue weighted by atomic mass is 32.2. The number of nitrogens with zero attached hydrogens (tertiary/aromatic N) is 3. The molecular weight excluding hydrogens is 350 g/mol.